The van der Waals surface area contributed by atoms with Crippen LogP contribution < -0.4 is 5.32 Å². The fourth-order valence-corrected chi connectivity index (χ4v) is 4.10. The van der Waals surface area contributed by atoms with Crippen LogP contribution in [0.25, 0.3) is 0 Å². The molecule has 1 spiro atoms. The predicted octanol–water partition coefficient (Wildman–Crippen LogP) is 0.753. The van der Waals surface area contributed by atoms with E-state index in [-0.39, 0.29) is 30.6 Å². The van der Waals surface area contributed by atoms with Crippen LogP contribution in [0.5, 0.6) is 0 Å². The van der Waals surface area contributed by atoms with Gasteiger partial charge in [0.25, 0.3) is 0 Å². The van der Waals surface area contributed by atoms with Gasteiger partial charge in [-0.15, -0.1) is 0 Å². The third kappa shape index (κ3) is 3.06. The molecule has 21 heavy (non-hydrogen) atoms. The Labute approximate surface area is 124 Å². The normalized spacial score (nSPS) is 33.6. The molecule has 1 saturated carbocycles. The molecule has 2 saturated heterocycles. The lowest BCUT2D eigenvalue weighted by molar-refractivity contribution is -0.157. The highest BCUT2D eigenvalue weighted by Gasteiger charge is 2.44. The number of ether oxygens (including phenoxy) is 1. The lowest BCUT2D eigenvalue weighted by Crippen LogP contribution is -2.62. The first kappa shape index (κ1) is 14.8. The average Bonchev–Trinajstić information content (AvgIpc) is 2.47. The number of hydrogen-bond acceptors (Lipinski definition) is 4. The Balaban J connectivity index is 1.74. The van der Waals surface area contributed by atoms with Crippen LogP contribution in [0.4, 0.5) is 0 Å². The fraction of sp³-hybridized carbons (Fsp3) is 0.867. The number of nitrogens with zero attached hydrogens (tertiary/aromatic N) is 1. The van der Waals surface area contributed by atoms with Crippen LogP contribution in [0.2, 0.25) is 0 Å². The Kier molecular flexibility index (Phi) is 4.17. The number of rotatable bonds is 2. The third-order valence-electron chi connectivity index (χ3n) is 5.20. The Morgan fingerprint density at radius 3 is 2.81 bits per heavy atom. The van der Waals surface area contributed by atoms with Gasteiger partial charge in [-0.1, -0.05) is 19.3 Å². The number of carboxylic acids is 1. The summed E-state index contributed by atoms with van der Waals surface area (Å²) in [6.45, 7) is 1.07. The van der Waals surface area contributed by atoms with Gasteiger partial charge in [0.1, 0.15) is 6.04 Å². The summed E-state index contributed by atoms with van der Waals surface area (Å²) < 4.78 is 6.08. The second kappa shape index (κ2) is 5.93. The molecular weight excluding hydrogens is 272 g/mol. The largest absolute Gasteiger partial charge is 0.480 e. The molecule has 2 atom stereocenters. The van der Waals surface area contributed by atoms with Crippen LogP contribution in [-0.2, 0) is 14.3 Å². The van der Waals surface area contributed by atoms with Gasteiger partial charge in [0, 0.05) is 19.2 Å². The van der Waals surface area contributed by atoms with Crippen molar-refractivity contribution < 1.29 is 19.4 Å². The van der Waals surface area contributed by atoms with E-state index >= 15 is 0 Å². The summed E-state index contributed by atoms with van der Waals surface area (Å²) in [6.07, 6.45) is 7.47. The maximum absolute atomic E-state index is 11.7. The number of carboxylic acid groups (broad SMARTS) is 1. The first-order valence-corrected chi connectivity index (χ1v) is 7.99. The van der Waals surface area contributed by atoms with Gasteiger partial charge >= 0.3 is 5.97 Å². The average molecular weight is 296 g/mol. The van der Waals surface area contributed by atoms with E-state index in [1.165, 1.54) is 19.3 Å². The van der Waals surface area contributed by atoms with Gasteiger partial charge in [-0.25, -0.2) is 0 Å². The number of carbonyl (C=O) groups is 2. The van der Waals surface area contributed by atoms with Crippen molar-refractivity contribution in [3.63, 3.8) is 0 Å². The van der Waals surface area contributed by atoms with E-state index in [4.69, 9.17) is 4.74 Å². The highest BCUT2D eigenvalue weighted by molar-refractivity contribution is 5.83. The Hall–Kier alpha value is -1.14. The van der Waals surface area contributed by atoms with Crippen molar-refractivity contribution in [1.82, 2.24) is 10.2 Å². The molecule has 2 unspecified atom stereocenters. The second-order valence-corrected chi connectivity index (χ2v) is 6.57. The lowest BCUT2D eigenvalue weighted by Gasteiger charge is -2.48. The van der Waals surface area contributed by atoms with Crippen molar-refractivity contribution in [3.05, 3.63) is 0 Å². The van der Waals surface area contributed by atoms with Crippen molar-refractivity contribution in [2.75, 3.05) is 19.7 Å². The number of carbonyl (C=O) groups excluding carboxylic acids is 1. The van der Waals surface area contributed by atoms with Crippen LogP contribution in [0.3, 0.4) is 0 Å². The summed E-state index contributed by atoms with van der Waals surface area (Å²) in [5, 5.41) is 12.1. The molecule has 3 fully saturated rings. The van der Waals surface area contributed by atoms with Gasteiger partial charge < -0.3 is 15.2 Å². The number of nitrogens with one attached hydrogen (secondary N) is 1. The van der Waals surface area contributed by atoms with E-state index in [1.54, 1.807) is 0 Å². The van der Waals surface area contributed by atoms with Gasteiger partial charge in [0.05, 0.1) is 12.1 Å². The summed E-state index contributed by atoms with van der Waals surface area (Å²) in [5.41, 5.74) is -0.0713. The molecular formula is C15H24N2O4. The topological polar surface area (TPSA) is 78.9 Å². The zero-order valence-corrected chi connectivity index (χ0v) is 12.3. The molecule has 3 aliphatic rings. The van der Waals surface area contributed by atoms with Crippen LogP contribution in [0.15, 0.2) is 0 Å². The number of aliphatic carboxylic acids is 1. The molecule has 0 bridgehead atoms. The van der Waals surface area contributed by atoms with E-state index in [1.807, 2.05) is 4.90 Å². The third-order valence-corrected chi connectivity index (χ3v) is 5.20. The minimum atomic E-state index is -0.848. The fourth-order valence-electron chi connectivity index (χ4n) is 4.10. The molecule has 118 valence electrons. The summed E-state index contributed by atoms with van der Waals surface area (Å²) >= 11 is 0. The van der Waals surface area contributed by atoms with Crippen LogP contribution in [0.1, 0.15) is 44.9 Å². The smallest absolute Gasteiger partial charge is 0.322 e. The van der Waals surface area contributed by atoms with Crippen molar-refractivity contribution in [1.29, 1.82) is 0 Å². The molecule has 1 aliphatic carbocycles. The van der Waals surface area contributed by atoms with Gasteiger partial charge in [0.15, 0.2) is 0 Å². The SMILES string of the molecule is O=C1CN(C2CCOC3(CCCCC3)C2)C(C(=O)O)CN1. The minimum absolute atomic E-state index is 0.0713. The molecule has 2 N–H and O–H groups in total. The molecule has 1 amide bonds. The van der Waals surface area contributed by atoms with Crippen molar-refractivity contribution in [2.24, 2.45) is 0 Å². The summed E-state index contributed by atoms with van der Waals surface area (Å²) in [5.74, 6) is -0.920. The van der Waals surface area contributed by atoms with Crippen molar-refractivity contribution in [3.8, 4) is 0 Å². The van der Waals surface area contributed by atoms with E-state index < -0.39 is 12.0 Å². The van der Waals surface area contributed by atoms with Crippen LogP contribution >= 0.6 is 0 Å². The second-order valence-electron chi connectivity index (χ2n) is 6.57. The Morgan fingerprint density at radius 1 is 1.33 bits per heavy atom. The summed E-state index contributed by atoms with van der Waals surface area (Å²) in [6, 6.07) is -0.463. The Morgan fingerprint density at radius 2 is 2.10 bits per heavy atom. The van der Waals surface area contributed by atoms with Crippen molar-refractivity contribution >= 4 is 11.9 Å². The molecule has 3 rings (SSSR count). The molecule has 0 aromatic rings. The first-order valence-electron chi connectivity index (χ1n) is 7.99. The zero-order chi connectivity index (χ0) is 14.9. The molecule has 6 heteroatoms. The summed E-state index contributed by atoms with van der Waals surface area (Å²) in [7, 11) is 0. The lowest BCUT2D eigenvalue weighted by atomic mass is 9.77. The predicted molar refractivity (Wildman–Crippen MR) is 75.9 cm³/mol. The monoisotopic (exact) mass is 296 g/mol. The number of piperazine rings is 1. The molecule has 2 heterocycles. The minimum Gasteiger partial charge on any atom is -0.480 e. The van der Waals surface area contributed by atoms with E-state index in [2.05, 4.69) is 5.32 Å². The van der Waals surface area contributed by atoms with Crippen molar-refractivity contribution in [2.45, 2.75) is 62.6 Å². The molecule has 0 radical (unpaired) electrons. The van der Waals surface area contributed by atoms with E-state index in [0.29, 0.717) is 6.61 Å². The highest BCUT2D eigenvalue weighted by atomic mass is 16.5. The zero-order valence-electron chi connectivity index (χ0n) is 12.3. The summed E-state index contributed by atoms with van der Waals surface area (Å²) in [4.78, 5) is 25.0. The molecule has 6 nitrogen and oxygen atoms in total. The maximum atomic E-state index is 11.7. The number of hydrogen-bond donors (Lipinski definition) is 2. The van der Waals surface area contributed by atoms with Crippen LogP contribution in [-0.4, -0.2) is 59.3 Å². The van der Waals surface area contributed by atoms with E-state index in [9.17, 15) is 14.7 Å². The number of amides is 1. The maximum Gasteiger partial charge on any atom is 0.322 e. The van der Waals surface area contributed by atoms with E-state index in [0.717, 1.165) is 25.7 Å². The molecule has 0 aromatic heterocycles. The molecule has 0 aromatic carbocycles. The molecule has 2 aliphatic heterocycles. The first-order chi connectivity index (χ1) is 10.1. The van der Waals surface area contributed by atoms with Gasteiger partial charge in [-0.05, 0) is 25.7 Å². The van der Waals surface area contributed by atoms with Gasteiger partial charge in [0.2, 0.25) is 5.91 Å². The van der Waals surface area contributed by atoms with Gasteiger partial charge in [-0.2, -0.15) is 0 Å². The van der Waals surface area contributed by atoms with Gasteiger partial charge in [-0.3, -0.25) is 14.5 Å². The van der Waals surface area contributed by atoms with Crippen LogP contribution in [0, 0.1) is 0 Å². The quantitative estimate of drug-likeness (QED) is 0.786. The Bertz CT molecular complexity index is 414. The highest BCUT2D eigenvalue weighted by Crippen LogP contribution is 2.40. The standard InChI is InChI=1S/C15H24N2O4/c18-13-10-17(12(9-16-13)14(19)20)11-4-7-21-15(8-11)5-2-1-3-6-15/h11-12H,1-10H2,(H,16,18)(H,19,20).